The highest BCUT2D eigenvalue weighted by Gasteiger charge is 2.16. The molecule has 0 aliphatic heterocycles. The molecule has 0 bridgehead atoms. The number of nitrogens with zero attached hydrogens (tertiary/aromatic N) is 3. The number of anilines is 1. The zero-order valence-corrected chi connectivity index (χ0v) is 9.91. The molecule has 1 atom stereocenters. The Morgan fingerprint density at radius 3 is 2.60 bits per heavy atom. The summed E-state index contributed by atoms with van der Waals surface area (Å²) in [5.41, 5.74) is 5.38. The van der Waals surface area contributed by atoms with E-state index < -0.39 is 6.43 Å². The quantitative estimate of drug-likeness (QED) is 0.902. The second kappa shape index (κ2) is 5.39. The molecule has 86 valence electrons. The number of nitrogens with two attached hydrogens (primary N) is 1. The van der Waals surface area contributed by atoms with Gasteiger partial charge in [-0.15, -0.1) is 5.10 Å². The smallest absolute Gasteiger partial charge is 0.240 e. The van der Waals surface area contributed by atoms with Gasteiger partial charge in [0, 0.05) is 13.0 Å². The third kappa shape index (κ3) is 3.73. The number of nitrogen functional groups attached to an aromatic ring is 1. The highest BCUT2D eigenvalue weighted by molar-refractivity contribution is 9.10. The molecule has 0 aromatic carbocycles. The minimum absolute atomic E-state index is 0.109. The second-order valence-electron chi connectivity index (χ2n) is 3.32. The Balaban J connectivity index is 2.62. The van der Waals surface area contributed by atoms with Crippen molar-refractivity contribution in [1.82, 2.24) is 14.8 Å². The van der Waals surface area contributed by atoms with E-state index in [1.54, 1.807) is 0 Å². The van der Waals surface area contributed by atoms with Crippen molar-refractivity contribution in [2.75, 3.05) is 5.73 Å². The molecule has 1 heterocycles. The zero-order valence-electron chi connectivity index (χ0n) is 8.33. The zero-order chi connectivity index (χ0) is 11.4. The van der Waals surface area contributed by atoms with Gasteiger partial charge in [-0.3, -0.25) is 0 Å². The van der Waals surface area contributed by atoms with E-state index in [-0.39, 0.29) is 18.3 Å². The summed E-state index contributed by atoms with van der Waals surface area (Å²) in [4.78, 5) is 3.84. The minimum Gasteiger partial charge on any atom is -0.366 e. The van der Waals surface area contributed by atoms with Crippen LogP contribution < -0.4 is 5.73 Å². The summed E-state index contributed by atoms with van der Waals surface area (Å²) >= 11 is 3.16. The second-order valence-corrected chi connectivity index (χ2v) is 4.03. The van der Waals surface area contributed by atoms with Crippen LogP contribution in [0.5, 0.6) is 0 Å². The van der Waals surface area contributed by atoms with Crippen LogP contribution >= 0.6 is 15.9 Å². The Bertz CT molecular complexity index is 316. The molecule has 7 heteroatoms. The van der Waals surface area contributed by atoms with Crippen molar-refractivity contribution in [1.29, 1.82) is 0 Å². The fraction of sp³-hybridized carbons (Fsp3) is 0.750. The van der Waals surface area contributed by atoms with Crippen molar-refractivity contribution in [2.45, 2.75) is 32.7 Å². The first kappa shape index (κ1) is 12.4. The molecule has 1 aromatic heterocycles. The standard InChI is InChI=1S/C8H13BrF2N4/c1-2-5(3-6(10)11)4-15-7(9)13-8(12)14-15/h5-6H,2-4H2,1H3,(H2,12,14). The van der Waals surface area contributed by atoms with E-state index >= 15 is 0 Å². The normalized spacial score (nSPS) is 13.4. The number of rotatable bonds is 5. The van der Waals surface area contributed by atoms with Crippen LogP contribution in [-0.4, -0.2) is 21.2 Å². The molecule has 0 fully saturated rings. The van der Waals surface area contributed by atoms with Crippen molar-refractivity contribution in [3.63, 3.8) is 0 Å². The van der Waals surface area contributed by atoms with Gasteiger partial charge in [-0.1, -0.05) is 13.3 Å². The van der Waals surface area contributed by atoms with Gasteiger partial charge in [-0.25, -0.2) is 13.5 Å². The SMILES string of the molecule is CCC(CC(F)F)Cn1nc(N)nc1Br. The molecule has 0 saturated heterocycles. The fourth-order valence-corrected chi connectivity index (χ4v) is 1.73. The number of aromatic nitrogens is 3. The van der Waals surface area contributed by atoms with Crippen molar-refractivity contribution in [3.05, 3.63) is 4.73 Å². The lowest BCUT2D eigenvalue weighted by Gasteiger charge is -2.13. The maximum atomic E-state index is 12.2. The van der Waals surface area contributed by atoms with Crippen LogP contribution in [0.1, 0.15) is 19.8 Å². The molecular weight excluding hydrogens is 270 g/mol. The first-order valence-electron chi connectivity index (χ1n) is 4.66. The maximum Gasteiger partial charge on any atom is 0.240 e. The summed E-state index contributed by atoms with van der Waals surface area (Å²) in [5.74, 6) is 0.0381. The predicted octanol–water partition coefficient (Wildman–Crippen LogP) is 2.30. The minimum atomic E-state index is -2.28. The molecule has 0 radical (unpaired) electrons. The van der Waals surface area contributed by atoms with Crippen LogP contribution in [0.25, 0.3) is 0 Å². The molecule has 2 N–H and O–H groups in total. The van der Waals surface area contributed by atoms with Gasteiger partial charge in [-0.2, -0.15) is 4.98 Å². The van der Waals surface area contributed by atoms with E-state index in [1.807, 2.05) is 6.92 Å². The van der Waals surface area contributed by atoms with Crippen LogP contribution in [0.3, 0.4) is 0 Å². The summed E-state index contributed by atoms with van der Waals surface area (Å²) in [6, 6.07) is 0. The average Bonchev–Trinajstić information content (AvgIpc) is 2.43. The maximum absolute atomic E-state index is 12.2. The number of hydrogen-bond acceptors (Lipinski definition) is 3. The lowest BCUT2D eigenvalue weighted by Crippen LogP contribution is -2.14. The van der Waals surface area contributed by atoms with E-state index in [4.69, 9.17) is 5.73 Å². The van der Waals surface area contributed by atoms with Crippen molar-refractivity contribution in [3.8, 4) is 0 Å². The van der Waals surface area contributed by atoms with Crippen LogP contribution in [-0.2, 0) is 6.54 Å². The average molecular weight is 283 g/mol. The largest absolute Gasteiger partial charge is 0.366 e. The van der Waals surface area contributed by atoms with Gasteiger partial charge in [0.1, 0.15) is 0 Å². The number of alkyl halides is 2. The van der Waals surface area contributed by atoms with E-state index in [0.717, 1.165) is 0 Å². The van der Waals surface area contributed by atoms with Crippen LogP contribution in [0.4, 0.5) is 14.7 Å². The van der Waals surface area contributed by atoms with Crippen molar-refractivity contribution in [2.24, 2.45) is 5.92 Å². The van der Waals surface area contributed by atoms with Gasteiger partial charge in [0.05, 0.1) is 0 Å². The van der Waals surface area contributed by atoms with Gasteiger partial charge in [-0.05, 0) is 21.8 Å². The predicted molar refractivity (Wildman–Crippen MR) is 56.5 cm³/mol. The third-order valence-electron chi connectivity index (χ3n) is 2.16. The molecule has 0 spiro atoms. The van der Waals surface area contributed by atoms with Crippen LogP contribution in [0.2, 0.25) is 0 Å². The van der Waals surface area contributed by atoms with Crippen molar-refractivity contribution >= 4 is 21.9 Å². The molecule has 1 unspecified atom stereocenters. The molecule has 15 heavy (non-hydrogen) atoms. The molecule has 1 aromatic rings. The summed E-state index contributed by atoms with van der Waals surface area (Å²) < 4.78 is 26.4. The highest BCUT2D eigenvalue weighted by Crippen LogP contribution is 2.18. The van der Waals surface area contributed by atoms with Gasteiger partial charge < -0.3 is 5.73 Å². The van der Waals surface area contributed by atoms with Crippen LogP contribution in [0.15, 0.2) is 4.73 Å². The topological polar surface area (TPSA) is 56.7 Å². The lowest BCUT2D eigenvalue weighted by atomic mass is 10.0. The van der Waals surface area contributed by atoms with E-state index in [0.29, 0.717) is 17.7 Å². The van der Waals surface area contributed by atoms with E-state index in [2.05, 4.69) is 26.0 Å². The van der Waals surface area contributed by atoms with Gasteiger partial charge >= 0.3 is 0 Å². The summed E-state index contributed by atoms with van der Waals surface area (Å²) in [5, 5.41) is 3.90. The molecule has 1 rings (SSSR count). The fourth-order valence-electron chi connectivity index (χ4n) is 1.32. The highest BCUT2D eigenvalue weighted by atomic mass is 79.9. The van der Waals surface area contributed by atoms with Gasteiger partial charge in [0.25, 0.3) is 0 Å². The Labute approximate surface area is 95.0 Å². The monoisotopic (exact) mass is 282 g/mol. The lowest BCUT2D eigenvalue weighted by molar-refractivity contribution is 0.107. The first-order chi connectivity index (χ1) is 7.02. The van der Waals surface area contributed by atoms with Gasteiger partial charge in [0.2, 0.25) is 12.4 Å². The summed E-state index contributed by atoms with van der Waals surface area (Å²) in [7, 11) is 0. The molecule has 0 aliphatic carbocycles. The Morgan fingerprint density at radius 1 is 1.53 bits per heavy atom. The molecule has 4 nitrogen and oxygen atoms in total. The molecule has 0 saturated carbocycles. The van der Waals surface area contributed by atoms with Gasteiger partial charge in [0.15, 0.2) is 4.73 Å². The Kier molecular flexibility index (Phi) is 4.44. The molecule has 0 amide bonds. The molecular formula is C8H13BrF2N4. The third-order valence-corrected chi connectivity index (χ3v) is 2.75. The summed E-state index contributed by atoms with van der Waals surface area (Å²) in [6.07, 6.45) is -1.73. The number of hydrogen-bond donors (Lipinski definition) is 1. The van der Waals surface area contributed by atoms with Crippen LogP contribution in [0, 0.1) is 5.92 Å². The Hall–Kier alpha value is -0.720. The molecule has 0 aliphatic rings. The van der Waals surface area contributed by atoms with E-state index in [9.17, 15) is 8.78 Å². The number of halogens is 3. The van der Waals surface area contributed by atoms with Crippen molar-refractivity contribution < 1.29 is 8.78 Å². The summed E-state index contributed by atoms with van der Waals surface area (Å²) in [6.45, 7) is 2.28. The Morgan fingerprint density at radius 2 is 2.20 bits per heavy atom. The first-order valence-corrected chi connectivity index (χ1v) is 5.46. The van der Waals surface area contributed by atoms with E-state index in [1.165, 1.54) is 4.68 Å².